The van der Waals surface area contributed by atoms with E-state index in [0.29, 0.717) is 0 Å². The minimum Gasteiger partial charge on any atom is -1.00 e. The number of allylic oxidation sites excluding steroid dienone is 4. The van der Waals surface area contributed by atoms with Gasteiger partial charge in [-0.2, -0.15) is 0 Å². The van der Waals surface area contributed by atoms with Crippen molar-refractivity contribution in [3.8, 4) is 0 Å². The monoisotopic (exact) mass is 239 g/mol. The van der Waals surface area contributed by atoms with Gasteiger partial charge in [0.2, 0.25) is 0 Å². The molecule has 0 saturated carbocycles. The van der Waals surface area contributed by atoms with Crippen LogP contribution in [0.1, 0.15) is 13.3 Å². The predicted molar refractivity (Wildman–Crippen MR) is 26.5 cm³/mol. The van der Waals surface area contributed by atoms with E-state index in [1.807, 2.05) is 0 Å². The van der Waals surface area contributed by atoms with Gasteiger partial charge in [0, 0.05) is 0 Å². The molecule has 0 nitrogen and oxygen atoms in total. The van der Waals surface area contributed by atoms with Crippen LogP contribution in [0.3, 0.4) is 0 Å². The van der Waals surface area contributed by atoms with E-state index < -0.39 is 0 Å². The zero-order valence-corrected chi connectivity index (χ0v) is 9.09. The summed E-state index contributed by atoms with van der Waals surface area (Å²) in [7, 11) is 0. The van der Waals surface area contributed by atoms with Gasteiger partial charge >= 0.3 is 59.1 Å². The van der Waals surface area contributed by atoms with Gasteiger partial charge in [-0.1, -0.05) is 0 Å². The van der Waals surface area contributed by atoms with E-state index in [4.69, 9.17) is 0 Å². The van der Waals surface area contributed by atoms with Crippen LogP contribution in [0.2, 0.25) is 0 Å². The van der Waals surface area contributed by atoms with E-state index in [2.05, 4.69) is 19.1 Å². The average molecular weight is 241 g/mol. The molecule has 0 amide bonds. The van der Waals surface area contributed by atoms with Gasteiger partial charge in [-0.05, 0) is 0 Å². The Morgan fingerprint density at radius 3 is 2.00 bits per heavy atom. The molecule has 0 saturated heterocycles. The summed E-state index contributed by atoms with van der Waals surface area (Å²) in [5.41, 5.74) is 1.51. The topological polar surface area (TPSA) is 0 Å². The van der Waals surface area contributed by atoms with Crippen molar-refractivity contribution in [2.75, 3.05) is 0 Å². The molecule has 1 aliphatic rings. The molecule has 1 rings (SSSR count). The van der Waals surface area contributed by atoms with Gasteiger partial charge < -0.3 is 24.8 Å². The molecule has 1 aliphatic carbocycles. The zero-order valence-electron chi connectivity index (χ0n) is 5.12. The third-order valence-electron chi connectivity index (χ3n) is 1.04. The van der Waals surface area contributed by atoms with Crippen LogP contribution < -0.4 is 24.8 Å². The summed E-state index contributed by atoms with van der Waals surface area (Å²) < 4.78 is 1.57. The smallest absolute Gasteiger partial charge is 1.00 e. The Kier molecular flexibility index (Phi) is 7.99. The fourth-order valence-electron chi connectivity index (χ4n) is 0.661. The van der Waals surface area contributed by atoms with Crippen LogP contribution in [0.15, 0.2) is 21.0 Å². The molecule has 0 unspecified atom stereocenters. The van der Waals surface area contributed by atoms with Crippen LogP contribution in [-0.2, 0) is 24.7 Å². The molecule has 0 heterocycles. The average Bonchev–Trinajstić information content (AvgIpc) is 1.87. The Balaban J connectivity index is 0. The third-order valence-corrected chi connectivity index (χ3v) is 1.88. The molecule has 0 aromatic rings. The summed E-state index contributed by atoms with van der Waals surface area (Å²) in [5.74, 6) is 0. The predicted octanol–water partition coefficient (Wildman–Crippen LogP) is -4.22. The first-order valence-corrected chi connectivity index (χ1v) is 3.60. The first kappa shape index (κ1) is 12.6. The summed E-state index contributed by atoms with van der Waals surface area (Å²) in [4.78, 5) is 0. The van der Waals surface area contributed by atoms with Gasteiger partial charge in [-0.15, -0.1) is 0 Å². The molecule has 0 fully saturated rings. The Morgan fingerprint density at radius 1 is 1.33 bits per heavy atom. The van der Waals surface area contributed by atoms with E-state index in [1.165, 1.54) is 12.0 Å². The van der Waals surface area contributed by atoms with Crippen molar-refractivity contribution in [3.05, 3.63) is 21.0 Å². The second kappa shape index (κ2) is 5.71. The maximum Gasteiger partial charge on any atom is -1.00 e. The molecule has 49 valence electrons. The van der Waals surface area contributed by atoms with Gasteiger partial charge in [0.1, 0.15) is 0 Å². The number of rotatable bonds is 0. The molecule has 9 heavy (non-hydrogen) atoms. The van der Waals surface area contributed by atoms with Crippen LogP contribution in [-0.4, -0.2) is 0 Å². The van der Waals surface area contributed by atoms with Crippen molar-refractivity contribution in [2.24, 2.45) is 0 Å². The first-order chi connectivity index (χ1) is 3.29. The van der Waals surface area contributed by atoms with Gasteiger partial charge in [0.05, 0.1) is 0 Å². The first-order valence-electron chi connectivity index (χ1n) is 2.37. The Morgan fingerprint density at radius 2 is 1.89 bits per heavy atom. The van der Waals surface area contributed by atoms with Crippen molar-refractivity contribution in [3.63, 3.8) is 0 Å². The molecule has 0 N–H and O–H groups in total. The zero-order chi connectivity index (χ0) is 5.28. The largest absolute Gasteiger partial charge is 1.00 e. The molecule has 0 aromatic carbocycles. The molecule has 0 bridgehead atoms. The van der Waals surface area contributed by atoms with Gasteiger partial charge in [0.25, 0.3) is 0 Å². The van der Waals surface area contributed by atoms with Gasteiger partial charge in [-0.3, -0.25) is 0 Å². The fourth-order valence-corrected chi connectivity index (χ4v) is 1.55. The molecular weight excluding hydrogens is 234 g/mol. The van der Waals surface area contributed by atoms with Crippen LogP contribution in [0.5, 0.6) is 0 Å². The molecule has 0 aliphatic heterocycles. The Hall–Kier alpha value is 0.943. The van der Waals surface area contributed by atoms with Crippen LogP contribution in [0.4, 0.5) is 0 Å². The van der Waals surface area contributed by atoms with Crippen molar-refractivity contribution < 1.29 is 49.5 Å². The minimum atomic E-state index is 0. The van der Waals surface area contributed by atoms with E-state index in [1.54, 1.807) is 28.0 Å². The van der Waals surface area contributed by atoms with Crippen molar-refractivity contribution >= 4 is 0 Å². The number of halogens is 2. The molecule has 3 heteroatoms. The molecule has 0 radical (unpaired) electrons. The standard InChI is InChI=1S/C6H7.2ClH.Zr/c1-6-4-2-3-5-6;;;/h2,4H,5H2,1H3;2*1H;/q;;;+2/p-2. The van der Waals surface area contributed by atoms with Crippen molar-refractivity contribution in [1.82, 2.24) is 0 Å². The third kappa shape index (κ3) is 4.36. The minimum absolute atomic E-state index is 0. The summed E-state index contributed by atoms with van der Waals surface area (Å²) in [6.07, 6.45) is 5.65. The SMILES string of the molecule is CC1=CC=[C]([Zr+2])C1.[Cl-].[Cl-]. The maximum atomic E-state index is 2.22. The van der Waals surface area contributed by atoms with E-state index in [0.717, 1.165) is 0 Å². The molecule has 0 atom stereocenters. The number of hydrogen-bond donors (Lipinski definition) is 0. The van der Waals surface area contributed by atoms with Crippen molar-refractivity contribution in [1.29, 1.82) is 0 Å². The van der Waals surface area contributed by atoms with E-state index >= 15 is 0 Å². The van der Waals surface area contributed by atoms with Crippen molar-refractivity contribution in [2.45, 2.75) is 13.3 Å². The summed E-state index contributed by atoms with van der Waals surface area (Å²) in [5, 5.41) is 0. The van der Waals surface area contributed by atoms with E-state index in [9.17, 15) is 0 Å². The van der Waals surface area contributed by atoms with Gasteiger partial charge in [-0.25, -0.2) is 0 Å². The Labute approximate surface area is 83.5 Å². The second-order valence-electron chi connectivity index (χ2n) is 1.88. The second-order valence-corrected chi connectivity index (χ2v) is 3.46. The molecular formula is C6H7Cl2Zr. The van der Waals surface area contributed by atoms with E-state index in [-0.39, 0.29) is 24.8 Å². The quantitative estimate of drug-likeness (QED) is 0.403. The molecule has 0 spiro atoms. The van der Waals surface area contributed by atoms with Crippen LogP contribution in [0, 0.1) is 0 Å². The van der Waals surface area contributed by atoms with Crippen LogP contribution in [0.25, 0.3) is 0 Å². The Bertz CT molecular complexity index is 122. The molecule has 0 aromatic heterocycles. The maximum absolute atomic E-state index is 2.22. The van der Waals surface area contributed by atoms with Crippen LogP contribution >= 0.6 is 0 Å². The summed E-state index contributed by atoms with van der Waals surface area (Å²) >= 11 is 1.57. The normalized spacial score (nSPS) is 15.0. The fraction of sp³-hybridized carbons (Fsp3) is 0.333. The summed E-state index contributed by atoms with van der Waals surface area (Å²) in [6.45, 7) is 2.17. The van der Waals surface area contributed by atoms with Gasteiger partial charge in [0.15, 0.2) is 0 Å². The summed E-state index contributed by atoms with van der Waals surface area (Å²) in [6, 6.07) is 0. The number of hydrogen-bond acceptors (Lipinski definition) is 0.